The molecule has 21 heavy (non-hydrogen) atoms. The number of hydrogen-bond acceptors (Lipinski definition) is 5. The van der Waals surface area contributed by atoms with E-state index in [2.05, 4.69) is 9.88 Å². The Morgan fingerprint density at radius 2 is 2.05 bits per heavy atom. The van der Waals surface area contributed by atoms with Crippen LogP contribution in [0.5, 0.6) is 0 Å². The third-order valence-corrected chi connectivity index (χ3v) is 3.99. The number of non-ortho nitro benzene ring substituents is 1. The van der Waals surface area contributed by atoms with Gasteiger partial charge in [0, 0.05) is 48.0 Å². The van der Waals surface area contributed by atoms with Crippen LogP contribution in [0.1, 0.15) is 18.5 Å². The fourth-order valence-electron chi connectivity index (χ4n) is 2.84. The third kappa shape index (κ3) is 2.67. The maximum absolute atomic E-state index is 11.0. The highest BCUT2D eigenvalue weighted by Crippen LogP contribution is 2.31. The number of benzene rings is 1. The number of piperidine rings is 1. The first-order chi connectivity index (χ1) is 10.0. The number of nitrogens with zero attached hydrogens (tertiary/aromatic N) is 3. The molecule has 0 amide bonds. The van der Waals surface area contributed by atoms with Crippen LogP contribution in [0.4, 0.5) is 11.4 Å². The number of nitro benzene ring substituents is 1. The highest BCUT2D eigenvalue weighted by atomic mass is 16.6. The SMILES string of the molecule is Cc1cc(N2CCC(N)CC2)c2cc([N+](=O)[O-])ccc2n1. The van der Waals surface area contributed by atoms with Gasteiger partial charge in [-0.3, -0.25) is 15.1 Å². The largest absolute Gasteiger partial charge is 0.371 e. The van der Waals surface area contributed by atoms with Gasteiger partial charge >= 0.3 is 0 Å². The van der Waals surface area contributed by atoms with Crippen LogP contribution in [0.3, 0.4) is 0 Å². The van der Waals surface area contributed by atoms with Gasteiger partial charge in [-0.25, -0.2) is 0 Å². The maximum atomic E-state index is 11.0. The molecule has 1 aliphatic rings. The number of rotatable bonds is 2. The molecule has 0 bridgehead atoms. The molecule has 1 aromatic carbocycles. The monoisotopic (exact) mass is 286 g/mol. The average Bonchev–Trinajstić information content (AvgIpc) is 2.46. The van der Waals surface area contributed by atoms with E-state index in [1.165, 1.54) is 6.07 Å². The fourth-order valence-corrected chi connectivity index (χ4v) is 2.84. The number of nitrogens with two attached hydrogens (primary N) is 1. The number of fused-ring (bicyclic) bond motifs is 1. The number of nitro groups is 1. The highest BCUT2D eigenvalue weighted by Gasteiger charge is 2.20. The van der Waals surface area contributed by atoms with Gasteiger partial charge < -0.3 is 10.6 Å². The van der Waals surface area contributed by atoms with Crippen molar-refractivity contribution in [2.75, 3.05) is 18.0 Å². The lowest BCUT2D eigenvalue weighted by molar-refractivity contribution is -0.384. The second-order valence-electron chi connectivity index (χ2n) is 5.57. The molecule has 3 rings (SSSR count). The fraction of sp³-hybridized carbons (Fsp3) is 0.400. The molecular formula is C15H18N4O2. The number of aryl methyl sites for hydroxylation is 1. The molecule has 110 valence electrons. The van der Waals surface area contributed by atoms with Crippen LogP contribution in [-0.4, -0.2) is 29.0 Å². The second kappa shape index (κ2) is 5.29. The van der Waals surface area contributed by atoms with Crippen LogP contribution in [0.15, 0.2) is 24.3 Å². The van der Waals surface area contributed by atoms with Crippen molar-refractivity contribution in [3.05, 3.63) is 40.1 Å². The van der Waals surface area contributed by atoms with Gasteiger partial charge in [0.25, 0.3) is 5.69 Å². The highest BCUT2D eigenvalue weighted by molar-refractivity contribution is 5.93. The van der Waals surface area contributed by atoms with Crippen LogP contribution in [0, 0.1) is 17.0 Å². The minimum absolute atomic E-state index is 0.100. The topological polar surface area (TPSA) is 85.3 Å². The number of anilines is 1. The molecule has 0 saturated carbocycles. The number of pyridine rings is 1. The van der Waals surface area contributed by atoms with Crippen molar-refractivity contribution in [3.63, 3.8) is 0 Å². The molecule has 0 unspecified atom stereocenters. The minimum atomic E-state index is -0.366. The summed E-state index contributed by atoms with van der Waals surface area (Å²) >= 11 is 0. The standard InChI is InChI=1S/C15H18N4O2/c1-10-8-15(18-6-4-11(16)5-7-18)13-9-12(19(20)21)2-3-14(13)17-10/h2-3,8-9,11H,4-7,16H2,1H3. The second-order valence-corrected chi connectivity index (χ2v) is 5.57. The Labute approximate surface area is 122 Å². The van der Waals surface area contributed by atoms with Crippen molar-refractivity contribution in [3.8, 4) is 0 Å². The summed E-state index contributed by atoms with van der Waals surface area (Å²) in [6.07, 6.45) is 1.88. The van der Waals surface area contributed by atoms with Crippen LogP contribution < -0.4 is 10.6 Å². The van der Waals surface area contributed by atoms with Crippen molar-refractivity contribution in [2.24, 2.45) is 5.73 Å². The quantitative estimate of drug-likeness (QED) is 0.676. The van der Waals surface area contributed by atoms with Crippen LogP contribution in [0.2, 0.25) is 0 Å². The van der Waals surface area contributed by atoms with Crippen LogP contribution >= 0.6 is 0 Å². The Bertz CT molecular complexity index is 693. The Kier molecular flexibility index (Phi) is 3.47. The van der Waals surface area contributed by atoms with Crippen LogP contribution in [-0.2, 0) is 0 Å². The molecule has 2 heterocycles. The van der Waals surface area contributed by atoms with Gasteiger partial charge in [0.1, 0.15) is 0 Å². The zero-order valence-corrected chi connectivity index (χ0v) is 12.0. The molecule has 2 aromatic rings. The van der Waals surface area contributed by atoms with Gasteiger partial charge in [-0.05, 0) is 31.9 Å². The molecule has 0 atom stereocenters. The summed E-state index contributed by atoms with van der Waals surface area (Å²) in [6.45, 7) is 3.70. The molecule has 1 fully saturated rings. The smallest absolute Gasteiger partial charge is 0.270 e. The van der Waals surface area contributed by atoms with Crippen molar-refractivity contribution in [1.82, 2.24) is 4.98 Å². The van der Waals surface area contributed by atoms with Gasteiger partial charge in [-0.1, -0.05) is 0 Å². The van der Waals surface area contributed by atoms with Gasteiger partial charge in [0.15, 0.2) is 0 Å². The Hall–Kier alpha value is -2.21. The zero-order valence-electron chi connectivity index (χ0n) is 12.0. The zero-order chi connectivity index (χ0) is 15.0. The summed E-state index contributed by atoms with van der Waals surface area (Å²) < 4.78 is 0. The van der Waals surface area contributed by atoms with Crippen LogP contribution in [0.25, 0.3) is 10.9 Å². The maximum Gasteiger partial charge on any atom is 0.270 e. The van der Waals surface area contributed by atoms with E-state index in [9.17, 15) is 10.1 Å². The lowest BCUT2D eigenvalue weighted by Gasteiger charge is -2.32. The van der Waals surface area contributed by atoms with E-state index in [-0.39, 0.29) is 16.7 Å². The normalized spacial score (nSPS) is 16.4. The third-order valence-electron chi connectivity index (χ3n) is 3.99. The van der Waals surface area contributed by atoms with Crippen molar-refractivity contribution >= 4 is 22.3 Å². The molecule has 0 aliphatic carbocycles. The molecule has 6 nitrogen and oxygen atoms in total. The van der Waals surface area contributed by atoms with E-state index in [1.807, 2.05) is 13.0 Å². The number of aromatic nitrogens is 1. The molecule has 1 aliphatic heterocycles. The molecule has 0 radical (unpaired) electrons. The first kappa shape index (κ1) is 13.8. The summed E-state index contributed by atoms with van der Waals surface area (Å²) in [5.74, 6) is 0. The Balaban J connectivity index is 2.11. The summed E-state index contributed by atoms with van der Waals surface area (Å²) in [5.41, 5.74) is 8.79. The first-order valence-electron chi connectivity index (χ1n) is 7.11. The first-order valence-corrected chi connectivity index (χ1v) is 7.11. The summed E-state index contributed by atoms with van der Waals surface area (Å²) in [6, 6.07) is 7.10. The summed E-state index contributed by atoms with van der Waals surface area (Å²) in [5, 5.41) is 11.8. The van der Waals surface area contributed by atoms with Crippen molar-refractivity contribution < 1.29 is 4.92 Å². The molecule has 1 aromatic heterocycles. The Morgan fingerprint density at radius 1 is 1.33 bits per heavy atom. The lowest BCUT2D eigenvalue weighted by atomic mass is 10.0. The predicted molar refractivity (Wildman–Crippen MR) is 82.6 cm³/mol. The molecule has 6 heteroatoms. The molecule has 2 N–H and O–H groups in total. The van der Waals surface area contributed by atoms with E-state index in [4.69, 9.17) is 5.73 Å². The molecule has 1 saturated heterocycles. The lowest BCUT2D eigenvalue weighted by Crippen LogP contribution is -2.39. The van der Waals surface area contributed by atoms with Gasteiger partial charge in [-0.15, -0.1) is 0 Å². The molecule has 0 spiro atoms. The summed E-state index contributed by atoms with van der Waals surface area (Å²) in [7, 11) is 0. The van der Waals surface area contributed by atoms with Gasteiger partial charge in [-0.2, -0.15) is 0 Å². The van der Waals surface area contributed by atoms with E-state index in [0.717, 1.165) is 48.2 Å². The predicted octanol–water partition coefficient (Wildman–Crippen LogP) is 2.38. The number of hydrogen-bond donors (Lipinski definition) is 1. The average molecular weight is 286 g/mol. The van der Waals surface area contributed by atoms with Gasteiger partial charge in [0.05, 0.1) is 10.4 Å². The van der Waals surface area contributed by atoms with E-state index in [0.29, 0.717) is 0 Å². The van der Waals surface area contributed by atoms with Gasteiger partial charge in [0.2, 0.25) is 0 Å². The van der Waals surface area contributed by atoms with E-state index >= 15 is 0 Å². The minimum Gasteiger partial charge on any atom is -0.371 e. The van der Waals surface area contributed by atoms with E-state index < -0.39 is 0 Å². The van der Waals surface area contributed by atoms with E-state index in [1.54, 1.807) is 12.1 Å². The Morgan fingerprint density at radius 3 is 2.71 bits per heavy atom. The summed E-state index contributed by atoms with van der Waals surface area (Å²) in [4.78, 5) is 17.4. The van der Waals surface area contributed by atoms with Crippen molar-refractivity contribution in [2.45, 2.75) is 25.8 Å². The van der Waals surface area contributed by atoms with Crippen molar-refractivity contribution in [1.29, 1.82) is 0 Å². The molecular weight excluding hydrogens is 268 g/mol.